The minimum atomic E-state index is -0.276. The van der Waals surface area contributed by atoms with E-state index in [9.17, 15) is 0 Å². The van der Waals surface area contributed by atoms with Gasteiger partial charge >= 0.3 is 0 Å². The number of rotatable bonds is 1. The van der Waals surface area contributed by atoms with Crippen molar-refractivity contribution < 1.29 is 0 Å². The predicted molar refractivity (Wildman–Crippen MR) is 55.7 cm³/mol. The highest BCUT2D eigenvalue weighted by Gasteiger charge is 2.14. The topological polar surface area (TPSA) is 41.6 Å². The van der Waals surface area contributed by atoms with Gasteiger partial charge in [0.1, 0.15) is 15.2 Å². The average Bonchev–Trinajstić information content (AvgIpc) is 2.32. The zero-order chi connectivity index (χ0) is 9.30. The fourth-order valence-electron chi connectivity index (χ4n) is 0.679. The second-order valence-corrected chi connectivity index (χ2v) is 4.44. The molecule has 3 nitrogen and oxygen atoms in total. The van der Waals surface area contributed by atoms with Gasteiger partial charge in [-0.3, -0.25) is 0 Å². The summed E-state index contributed by atoms with van der Waals surface area (Å²) in [6.45, 7) is 1.77. The molecule has 1 aromatic heterocycles. The van der Waals surface area contributed by atoms with E-state index in [4.69, 9.17) is 5.26 Å². The largest absolute Gasteiger partial charge is 0.239 e. The smallest absolute Gasteiger partial charge is 0.143 e. The van der Waals surface area contributed by atoms with Crippen LogP contribution in [0.4, 0.5) is 0 Å². The Labute approximate surface area is 95.1 Å². The van der Waals surface area contributed by atoms with E-state index in [1.165, 1.54) is 0 Å². The van der Waals surface area contributed by atoms with Gasteiger partial charge in [-0.25, -0.2) is 4.68 Å². The number of hydrogen-bond donors (Lipinski definition) is 0. The first-order chi connectivity index (χ1) is 5.57. The van der Waals surface area contributed by atoms with Crippen molar-refractivity contribution in [1.82, 2.24) is 9.78 Å². The Kier molecular flexibility index (Phi) is 3.32. The highest BCUT2D eigenvalue weighted by atomic mass is 79.9. The van der Waals surface area contributed by atoms with E-state index in [-0.39, 0.29) is 6.04 Å². The number of hydrogen-bond acceptors (Lipinski definition) is 2. The molecule has 1 aromatic rings. The number of nitriles is 1. The van der Waals surface area contributed by atoms with E-state index < -0.39 is 0 Å². The molecule has 0 N–H and O–H groups in total. The molecule has 0 amide bonds. The molecule has 0 spiro atoms. The lowest BCUT2D eigenvalue weighted by molar-refractivity contribution is 0.575. The molecule has 0 aliphatic carbocycles. The van der Waals surface area contributed by atoms with Crippen LogP contribution < -0.4 is 0 Å². The molecule has 6 heteroatoms. The molecular formula is C6H4Br3N3. The summed E-state index contributed by atoms with van der Waals surface area (Å²) in [5, 5.41) is 12.7. The third-order valence-corrected chi connectivity index (χ3v) is 4.44. The van der Waals surface area contributed by atoms with Gasteiger partial charge in [-0.1, -0.05) is 0 Å². The second kappa shape index (κ2) is 3.90. The van der Waals surface area contributed by atoms with Crippen molar-refractivity contribution in [1.29, 1.82) is 5.26 Å². The van der Waals surface area contributed by atoms with Crippen molar-refractivity contribution >= 4 is 47.8 Å². The summed E-state index contributed by atoms with van der Waals surface area (Å²) >= 11 is 9.87. The van der Waals surface area contributed by atoms with Gasteiger partial charge in [0, 0.05) is 0 Å². The van der Waals surface area contributed by atoms with Gasteiger partial charge in [0.05, 0.1) is 10.5 Å². The predicted octanol–water partition coefficient (Wildman–Crippen LogP) is 3.26. The van der Waals surface area contributed by atoms with Gasteiger partial charge in [0.2, 0.25) is 0 Å². The molecule has 0 aliphatic heterocycles. The maximum Gasteiger partial charge on any atom is 0.143 e. The average molecular weight is 358 g/mol. The SMILES string of the molecule is CC(C#N)n1nc(Br)c(Br)c1Br. The molecule has 1 rings (SSSR count). The van der Waals surface area contributed by atoms with Crippen molar-refractivity contribution in [3.63, 3.8) is 0 Å². The maximum absolute atomic E-state index is 8.65. The lowest BCUT2D eigenvalue weighted by Gasteiger charge is -2.02. The maximum atomic E-state index is 8.65. The Hall–Kier alpha value is 0.140. The first-order valence-corrected chi connectivity index (χ1v) is 5.44. The number of nitrogens with zero attached hydrogens (tertiary/aromatic N) is 3. The summed E-state index contributed by atoms with van der Waals surface area (Å²) in [6, 6.07) is 1.82. The van der Waals surface area contributed by atoms with Crippen molar-refractivity contribution in [2.24, 2.45) is 0 Å². The van der Waals surface area contributed by atoms with Crippen LogP contribution in [0.5, 0.6) is 0 Å². The van der Waals surface area contributed by atoms with E-state index in [2.05, 4.69) is 59.0 Å². The summed E-state index contributed by atoms with van der Waals surface area (Å²) in [6.07, 6.45) is 0. The summed E-state index contributed by atoms with van der Waals surface area (Å²) in [4.78, 5) is 0. The molecule has 0 aromatic carbocycles. The quantitative estimate of drug-likeness (QED) is 0.774. The highest BCUT2D eigenvalue weighted by Crippen LogP contribution is 2.31. The normalized spacial score (nSPS) is 12.6. The molecule has 1 unspecified atom stereocenters. The molecule has 1 atom stereocenters. The van der Waals surface area contributed by atoms with Gasteiger partial charge in [0.25, 0.3) is 0 Å². The molecule has 0 saturated heterocycles. The van der Waals surface area contributed by atoms with Crippen LogP contribution in [0, 0.1) is 11.3 Å². The second-order valence-electron chi connectivity index (χ2n) is 2.15. The molecule has 1 heterocycles. The monoisotopic (exact) mass is 355 g/mol. The van der Waals surface area contributed by atoms with Gasteiger partial charge in [-0.2, -0.15) is 10.4 Å². The Balaban J connectivity index is 3.20. The van der Waals surface area contributed by atoms with Crippen LogP contribution >= 0.6 is 47.8 Å². The van der Waals surface area contributed by atoms with E-state index in [1.54, 1.807) is 11.6 Å². The Morgan fingerprint density at radius 3 is 2.42 bits per heavy atom. The van der Waals surface area contributed by atoms with E-state index in [0.717, 1.165) is 9.08 Å². The molecule has 0 aliphatic rings. The van der Waals surface area contributed by atoms with Crippen LogP contribution in [-0.2, 0) is 0 Å². The fourth-order valence-corrected chi connectivity index (χ4v) is 2.14. The first-order valence-electron chi connectivity index (χ1n) is 3.06. The molecule has 0 radical (unpaired) electrons. The van der Waals surface area contributed by atoms with Crippen molar-refractivity contribution in [2.75, 3.05) is 0 Å². The summed E-state index contributed by atoms with van der Waals surface area (Å²) in [5.41, 5.74) is 0. The molecule has 64 valence electrons. The lowest BCUT2D eigenvalue weighted by Crippen LogP contribution is -2.04. The Morgan fingerprint density at radius 1 is 1.50 bits per heavy atom. The fraction of sp³-hybridized carbons (Fsp3) is 0.333. The van der Waals surface area contributed by atoms with Gasteiger partial charge in [-0.15, -0.1) is 0 Å². The van der Waals surface area contributed by atoms with Gasteiger partial charge < -0.3 is 0 Å². The Morgan fingerprint density at radius 2 is 2.08 bits per heavy atom. The summed E-state index contributed by atoms with van der Waals surface area (Å²) < 4.78 is 3.87. The minimum absolute atomic E-state index is 0.276. The van der Waals surface area contributed by atoms with Crippen molar-refractivity contribution in [2.45, 2.75) is 13.0 Å². The van der Waals surface area contributed by atoms with Gasteiger partial charge in [0.15, 0.2) is 0 Å². The van der Waals surface area contributed by atoms with Crippen LogP contribution in [0.25, 0.3) is 0 Å². The third kappa shape index (κ3) is 1.73. The van der Waals surface area contributed by atoms with E-state index >= 15 is 0 Å². The number of aromatic nitrogens is 2. The first kappa shape index (κ1) is 10.2. The zero-order valence-electron chi connectivity index (χ0n) is 6.05. The number of halogens is 3. The zero-order valence-corrected chi connectivity index (χ0v) is 10.8. The molecular weight excluding hydrogens is 354 g/mol. The highest BCUT2D eigenvalue weighted by molar-refractivity contribution is 9.14. The van der Waals surface area contributed by atoms with E-state index in [1.807, 2.05) is 0 Å². The summed E-state index contributed by atoms with van der Waals surface area (Å²) in [7, 11) is 0. The lowest BCUT2D eigenvalue weighted by atomic mass is 10.4. The van der Waals surface area contributed by atoms with Gasteiger partial charge in [-0.05, 0) is 54.7 Å². The van der Waals surface area contributed by atoms with Crippen LogP contribution in [0.2, 0.25) is 0 Å². The van der Waals surface area contributed by atoms with Crippen LogP contribution in [0.1, 0.15) is 13.0 Å². The molecule has 0 fully saturated rings. The van der Waals surface area contributed by atoms with Crippen LogP contribution in [0.15, 0.2) is 13.7 Å². The molecule has 0 saturated carbocycles. The van der Waals surface area contributed by atoms with Crippen molar-refractivity contribution in [3.05, 3.63) is 13.7 Å². The van der Waals surface area contributed by atoms with E-state index in [0.29, 0.717) is 4.60 Å². The molecule has 0 bridgehead atoms. The molecule has 12 heavy (non-hydrogen) atoms. The Bertz CT molecular complexity index is 339. The third-order valence-electron chi connectivity index (χ3n) is 1.31. The van der Waals surface area contributed by atoms with Crippen LogP contribution in [0.3, 0.4) is 0 Å². The van der Waals surface area contributed by atoms with Crippen LogP contribution in [-0.4, -0.2) is 9.78 Å². The standard InChI is InChI=1S/C6H4Br3N3/c1-3(2-10)12-6(9)4(7)5(8)11-12/h3H,1H3. The minimum Gasteiger partial charge on any atom is -0.239 e. The summed E-state index contributed by atoms with van der Waals surface area (Å²) in [5.74, 6) is 0. The van der Waals surface area contributed by atoms with Crippen molar-refractivity contribution in [3.8, 4) is 6.07 Å².